The van der Waals surface area contributed by atoms with Crippen molar-refractivity contribution in [2.24, 2.45) is 0 Å². The van der Waals surface area contributed by atoms with E-state index in [2.05, 4.69) is 9.97 Å². The summed E-state index contributed by atoms with van der Waals surface area (Å²) in [6, 6.07) is 16.3. The molecule has 0 aliphatic carbocycles. The molecule has 0 saturated heterocycles. The highest BCUT2D eigenvalue weighted by Gasteiger charge is 2.38. The Labute approximate surface area is 138 Å². The van der Waals surface area contributed by atoms with Gasteiger partial charge in [0.25, 0.3) is 0 Å². The van der Waals surface area contributed by atoms with Crippen molar-refractivity contribution in [2.45, 2.75) is 5.60 Å². The molecule has 2 aromatic carbocycles. The van der Waals surface area contributed by atoms with Crippen molar-refractivity contribution in [1.29, 1.82) is 0 Å². The van der Waals surface area contributed by atoms with Crippen molar-refractivity contribution < 1.29 is 5.11 Å². The molecule has 3 aromatic rings. The molecule has 0 saturated carbocycles. The van der Waals surface area contributed by atoms with Gasteiger partial charge in [-0.05, 0) is 11.6 Å². The molecule has 1 N–H and O–H groups in total. The molecule has 1 atom stereocenters. The van der Waals surface area contributed by atoms with E-state index in [1.807, 2.05) is 36.4 Å². The number of rotatable bonds is 3. The molecular formula is C17H12Cl2N2O. The van der Waals surface area contributed by atoms with E-state index in [0.29, 0.717) is 21.7 Å². The number of benzene rings is 2. The lowest BCUT2D eigenvalue weighted by atomic mass is 9.81. The van der Waals surface area contributed by atoms with Gasteiger partial charge in [0, 0.05) is 22.3 Å². The van der Waals surface area contributed by atoms with Gasteiger partial charge in [0.15, 0.2) is 0 Å². The second kappa shape index (κ2) is 6.05. The van der Waals surface area contributed by atoms with E-state index in [-0.39, 0.29) is 5.15 Å². The maximum absolute atomic E-state index is 11.5. The molecule has 0 fully saturated rings. The number of aromatic nitrogens is 2. The predicted octanol–water partition coefficient (Wildman–Crippen LogP) is 4.07. The quantitative estimate of drug-likeness (QED) is 0.736. The van der Waals surface area contributed by atoms with Crippen LogP contribution in [0, 0.1) is 0 Å². The Kier molecular flexibility index (Phi) is 4.12. The SMILES string of the molecule is OC(c1ccccc1)(c1ccccc1Cl)c1cncnc1Cl. The first-order valence-electron chi connectivity index (χ1n) is 6.63. The highest BCUT2D eigenvalue weighted by molar-refractivity contribution is 6.32. The van der Waals surface area contributed by atoms with Crippen LogP contribution in [0.1, 0.15) is 16.7 Å². The highest BCUT2D eigenvalue weighted by Crippen LogP contribution is 2.41. The summed E-state index contributed by atoms with van der Waals surface area (Å²) in [5.41, 5.74) is 0.0214. The van der Waals surface area contributed by atoms with Crippen LogP contribution < -0.4 is 0 Å². The third kappa shape index (κ3) is 2.48. The molecule has 1 heterocycles. The Bertz CT molecular complexity index is 748. The zero-order valence-corrected chi connectivity index (χ0v) is 13.0. The zero-order chi connectivity index (χ0) is 15.6. The third-order valence-electron chi connectivity index (χ3n) is 3.51. The van der Waals surface area contributed by atoms with Crippen LogP contribution in [0.4, 0.5) is 0 Å². The molecule has 0 spiro atoms. The summed E-state index contributed by atoms with van der Waals surface area (Å²) in [4.78, 5) is 7.97. The molecule has 0 aliphatic heterocycles. The first-order chi connectivity index (χ1) is 10.6. The first-order valence-corrected chi connectivity index (χ1v) is 7.38. The topological polar surface area (TPSA) is 46.0 Å². The molecule has 5 heteroatoms. The number of halogens is 2. The van der Waals surface area contributed by atoms with Crippen LogP contribution in [-0.2, 0) is 5.60 Å². The Hall–Kier alpha value is -1.94. The largest absolute Gasteiger partial charge is 0.376 e. The van der Waals surface area contributed by atoms with E-state index in [9.17, 15) is 5.11 Å². The zero-order valence-electron chi connectivity index (χ0n) is 11.4. The summed E-state index contributed by atoms with van der Waals surface area (Å²) < 4.78 is 0. The van der Waals surface area contributed by atoms with E-state index < -0.39 is 5.60 Å². The number of hydrogen-bond donors (Lipinski definition) is 1. The molecule has 0 bridgehead atoms. The fraction of sp³-hybridized carbons (Fsp3) is 0.0588. The lowest BCUT2D eigenvalue weighted by Crippen LogP contribution is -2.30. The van der Waals surface area contributed by atoms with Crippen LogP contribution in [0.3, 0.4) is 0 Å². The molecule has 3 nitrogen and oxygen atoms in total. The second-order valence-electron chi connectivity index (χ2n) is 4.78. The van der Waals surface area contributed by atoms with Crippen LogP contribution in [0.25, 0.3) is 0 Å². The van der Waals surface area contributed by atoms with E-state index in [4.69, 9.17) is 23.2 Å². The smallest absolute Gasteiger partial charge is 0.146 e. The van der Waals surface area contributed by atoms with Gasteiger partial charge in [-0.1, -0.05) is 71.7 Å². The summed E-state index contributed by atoms with van der Waals surface area (Å²) in [7, 11) is 0. The lowest BCUT2D eigenvalue weighted by Gasteiger charge is -2.30. The van der Waals surface area contributed by atoms with Gasteiger partial charge in [-0.25, -0.2) is 9.97 Å². The van der Waals surface area contributed by atoms with Crippen molar-refractivity contribution in [3.8, 4) is 0 Å². The maximum atomic E-state index is 11.5. The van der Waals surface area contributed by atoms with Gasteiger partial charge in [0.1, 0.15) is 17.1 Å². The van der Waals surface area contributed by atoms with Crippen molar-refractivity contribution in [1.82, 2.24) is 9.97 Å². The predicted molar refractivity (Wildman–Crippen MR) is 87.0 cm³/mol. The molecule has 0 aliphatic rings. The highest BCUT2D eigenvalue weighted by atomic mass is 35.5. The monoisotopic (exact) mass is 330 g/mol. The van der Waals surface area contributed by atoms with Crippen molar-refractivity contribution in [2.75, 3.05) is 0 Å². The minimum Gasteiger partial charge on any atom is -0.376 e. The first kappa shape index (κ1) is 15.0. The lowest BCUT2D eigenvalue weighted by molar-refractivity contribution is 0.125. The van der Waals surface area contributed by atoms with E-state index in [1.165, 1.54) is 12.5 Å². The molecule has 0 amide bonds. The standard InChI is InChI=1S/C17H12Cl2N2O/c18-15-9-5-4-8-13(15)17(22,12-6-2-1-3-7-12)14-10-20-11-21-16(14)19/h1-11,22H. The van der Waals surface area contributed by atoms with Crippen LogP contribution in [-0.4, -0.2) is 15.1 Å². The minimum atomic E-state index is -1.53. The Balaban J connectivity index is 2.33. The van der Waals surface area contributed by atoms with Gasteiger partial charge in [-0.2, -0.15) is 0 Å². The van der Waals surface area contributed by atoms with Crippen LogP contribution in [0.5, 0.6) is 0 Å². The molecule has 22 heavy (non-hydrogen) atoms. The average molecular weight is 331 g/mol. The van der Waals surface area contributed by atoms with E-state index >= 15 is 0 Å². The Morgan fingerprint density at radius 2 is 1.55 bits per heavy atom. The van der Waals surface area contributed by atoms with Gasteiger partial charge in [0.05, 0.1) is 0 Å². The molecule has 110 valence electrons. The van der Waals surface area contributed by atoms with Gasteiger partial charge in [-0.3, -0.25) is 0 Å². The number of hydrogen-bond acceptors (Lipinski definition) is 3. The van der Waals surface area contributed by atoms with Crippen molar-refractivity contribution in [3.63, 3.8) is 0 Å². The summed E-state index contributed by atoms with van der Waals surface area (Å²) in [6.45, 7) is 0. The fourth-order valence-electron chi connectivity index (χ4n) is 2.45. The minimum absolute atomic E-state index is 0.182. The van der Waals surface area contributed by atoms with Gasteiger partial charge in [0.2, 0.25) is 0 Å². The molecular weight excluding hydrogens is 319 g/mol. The van der Waals surface area contributed by atoms with Gasteiger partial charge >= 0.3 is 0 Å². The van der Waals surface area contributed by atoms with Gasteiger partial charge < -0.3 is 5.11 Å². The van der Waals surface area contributed by atoms with E-state index in [0.717, 1.165) is 0 Å². The average Bonchev–Trinajstić information content (AvgIpc) is 2.56. The second-order valence-corrected chi connectivity index (χ2v) is 5.55. The van der Waals surface area contributed by atoms with Crippen LogP contribution in [0.2, 0.25) is 10.2 Å². The van der Waals surface area contributed by atoms with Crippen molar-refractivity contribution in [3.05, 3.63) is 94.0 Å². The Morgan fingerprint density at radius 3 is 2.23 bits per heavy atom. The van der Waals surface area contributed by atoms with Crippen LogP contribution >= 0.6 is 23.2 Å². The summed E-state index contributed by atoms with van der Waals surface area (Å²) in [5, 5.41) is 12.2. The van der Waals surface area contributed by atoms with Gasteiger partial charge in [-0.15, -0.1) is 0 Å². The summed E-state index contributed by atoms with van der Waals surface area (Å²) >= 11 is 12.5. The Morgan fingerprint density at radius 1 is 0.864 bits per heavy atom. The third-order valence-corrected chi connectivity index (χ3v) is 4.14. The number of aliphatic hydroxyl groups is 1. The molecule has 1 aromatic heterocycles. The summed E-state index contributed by atoms with van der Waals surface area (Å²) in [6.07, 6.45) is 2.84. The molecule has 1 unspecified atom stereocenters. The van der Waals surface area contributed by atoms with Crippen molar-refractivity contribution >= 4 is 23.2 Å². The fourth-order valence-corrected chi connectivity index (χ4v) is 2.95. The summed E-state index contributed by atoms with van der Waals surface area (Å²) in [5.74, 6) is 0. The molecule has 3 rings (SSSR count). The van der Waals surface area contributed by atoms with Crippen LogP contribution in [0.15, 0.2) is 67.1 Å². The van der Waals surface area contributed by atoms with E-state index in [1.54, 1.807) is 18.2 Å². The molecule has 0 radical (unpaired) electrons. The number of nitrogens with zero attached hydrogens (tertiary/aromatic N) is 2. The normalized spacial score (nSPS) is 13.6. The maximum Gasteiger partial charge on any atom is 0.146 e.